The van der Waals surface area contributed by atoms with Crippen molar-refractivity contribution >= 4 is 21.4 Å². The Kier molecular flexibility index (Phi) is 7.71. The summed E-state index contributed by atoms with van der Waals surface area (Å²) in [6.45, 7) is 5.34. The number of amides is 1. The Morgan fingerprint density at radius 1 is 1.19 bits per heavy atom. The SMILES string of the molecule is COc1ccccc1N1CCN(CCCNC(=O)CCS(C)(=O)=O)CC1. The molecule has 146 valence electrons. The number of methoxy groups -OCH3 is 1. The largest absolute Gasteiger partial charge is 0.495 e. The first-order chi connectivity index (χ1) is 12.4. The average Bonchev–Trinajstić information content (AvgIpc) is 2.63. The molecule has 1 amide bonds. The van der Waals surface area contributed by atoms with Crippen molar-refractivity contribution < 1.29 is 17.9 Å². The van der Waals surface area contributed by atoms with E-state index >= 15 is 0 Å². The van der Waals surface area contributed by atoms with Crippen molar-refractivity contribution in [3.05, 3.63) is 24.3 Å². The van der Waals surface area contributed by atoms with E-state index in [1.165, 1.54) is 0 Å². The second-order valence-corrected chi connectivity index (χ2v) is 8.84. The molecular weight excluding hydrogens is 354 g/mol. The summed E-state index contributed by atoms with van der Waals surface area (Å²) in [7, 11) is -1.39. The minimum atomic E-state index is -3.08. The predicted octanol–water partition coefficient (Wildman–Crippen LogP) is 0.758. The van der Waals surface area contributed by atoms with Crippen LogP contribution in [0.25, 0.3) is 0 Å². The summed E-state index contributed by atoms with van der Waals surface area (Å²) in [5.41, 5.74) is 1.13. The molecule has 1 aliphatic heterocycles. The summed E-state index contributed by atoms with van der Waals surface area (Å²) in [6, 6.07) is 8.06. The Hall–Kier alpha value is -1.80. The molecule has 0 unspecified atom stereocenters. The Bertz CT molecular complexity index is 685. The third-order valence-electron chi connectivity index (χ3n) is 4.47. The van der Waals surface area contributed by atoms with Gasteiger partial charge in [0.25, 0.3) is 0 Å². The highest BCUT2D eigenvalue weighted by Gasteiger charge is 2.19. The number of sulfone groups is 1. The molecule has 0 atom stereocenters. The monoisotopic (exact) mass is 383 g/mol. The first-order valence-corrected chi connectivity index (χ1v) is 11.0. The van der Waals surface area contributed by atoms with Crippen molar-refractivity contribution in [2.24, 2.45) is 0 Å². The molecule has 0 spiro atoms. The number of hydrogen-bond acceptors (Lipinski definition) is 6. The van der Waals surface area contributed by atoms with Gasteiger partial charge in [-0.15, -0.1) is 0 Å². The second-order valence-electron chi connectivity index (χ2n) is 6.58. The van der Waals surface area contributed by atoms with Crippen molar-refractivity contribution in [2.75, 3.05) is 63.3 Å². The lowest BCUT2D eigenvalue weighted by atomic mass is 10.2. The normalized spacial score (nSPS) is 15.7. The molecule has 2 rings (SSSR count). The van der Waals surface area contributed by atoms with Crippen LogP contribution in [0.3, 0.4) is 0 Å². The highest BCUT2D eigenvalue weighted by Crippen LogP contribution is 2.28. The van der Waals surface area contributed by atoms with Crippen LogP contribution in [0.15, 0.2) is 24.3 Å². The fourth-order valence-electron chi connectivity index (χ4n) is 3.00. The molecular formula is C18H29N3O4S. The van der Waals surface area contributed by atoms with E-state index < -0.39 is 9.84 Å². The van der Waals surface area contributed by atoms with Crippen LogP contribution in [0.2, 0.25) is 0 Å². The van der Waals surface area contributed by atoms with E-state index in [1.54, 1.807) is 7.11 Å². The number of anilines is 1. The van der Waals surface area contributed by atoms with Gasteiger partial charge in [0, 0.05) is 45.4 Å². The van der Waals surface area contributed by atoms with Crippen LogP contribution in [0, 0.1) is 0 Å². The molecule has 0 saturated carbocycles. The van der Waals surface area contributed by atoms with Gasteiger partial charge >= 0.3 is 0 Å². The fourth-order valence-corrected chi connectivity index (χ4v) is 3.56. The van der Waals surface area contributed by atoms with Crippen LogP contribution in [0.5, 0.6) is 5.75 Å². The lowest BCUT2D eigenvalue weighted by Gasteiger charge is -2.36. The number of rotatable bonds is 9. The third-order valence-corrected chi connectivity index (χ3v) is 5.42. The van der Waals surface area contributed by atoms with Crippen LogP contribution < -0.4 is 15.0 Å². The third kappa shape index (κ3) is 6.84. The Labute approximate surface area is 156 Å². The summed E-state index contributed by atoms with van der Waals surface area (Å²) < 4.78 is 27.5. The molecule has 0 aromatic heterocycles. The minimum Gasteiger partial charge on any atom is -0.495 e. The topological polar surface area (TPSA) is 79.0 Å². The van der Waals surface area contributed by atoms with Gasteiger partial charge in [-0.2, -0.15) is 0 Å². The predicted molar refractivity (Wildman–Crippen MR) is 104 cm³/mol. The molecule has 1 N–H and O–H groups in total. The van der Waals surface area contributed by atoms with E-state index in [0.717, 1.165) is 56.8 Å². The fraction of sp³-hybridized carbons (Fsp3) is 0.611. The number of ether oxygens (including phenoxy) is 1. The standard InChI is InChI=1S/C18H29N3O4S/c1-25-17-7-4-3-6-16(17)21-13-11-20(12-14-21)10-5-9-19-18(22)8-15-26(2,23)24/h3-4,6-7H,5,8-15H2,1-2H3,(H,19,22). The van der Waals surface area contributed by atoms with Gasteiger partial charge in [0.15, 0.2) is 0 Å². The van der Waals surface area contributed by atoms with Gasteiger partial charge in [-0.1, -0.05) is 12.1 Å². The summed E-state index contributed by atoms with van der Waals surface area (Å²) in [4.78, 5) is 16.3. The zero-order chi connectivity index (χ0) is 19.0. The van der Waals surface area contributed by atoms with Crippen molar-refractivity contribution in [2.45, 2.75) is 12.8 Å². The molecule has 0 bridgehead atoms. The first kappa shape index (κ1) is 20.5. The molecule has 1 aromatic carbocycles. The highest BCUT2D eigenvalue weighted by molar-refractivity contribution is 7.90. The van der Waals surface area contributed by atoms with Gasteiger partial charge in [0.2, 0.25) is 5.91 Å². The lowest BCUT2D eigenvalue weighted by molar-refractivity contribution is -0.120. The van der Waals surface area contributed by atoms with E-state index in [0.29, 0.717) is 6.54 Å². The van der Waals surface area contributed by atoms with E-state index in [-0.39, 0.29) is 18.1 Å². The maximum atomic E-state index is 11.6. The molecule has 8 heteroatoms. The number of para-hydroxylation sites is 2. The average molecular weight is 384 g/mol. The lowest BCUT2D eigenvalue weighted by Crippen LogP contribution is -2.47. The molecule has 1 aliphatic rings. The van der Waals surface area contributed by atoms with Crippen molar-refractivity contribution in [1.29, 1.82) is 0 Å². The number of nitrogens with zero attached hydrogens (tertiary/aromatic N) is 2. The summed E-state index contributed by atoms with van der Waals surface area (Å²) in [5.74, 6) is 0.609. The molecule has 0 radical (unpaired) electrons. The molecule has 1 fully saturated rings. The Morgan fingerprint density at radius 3 is 2.54 bits per heavy atom. The van der Waals surface area contributed by atoms with Gasteiger partial charge < -0.3 is 15.0 Å². The van der Waals surface area contributed by atoms with Crippen molar-refractivity contribution in [3.8, 4) is 5.75 Å². The Morgan fingerprint density at radius 2 is 1.88 bits per heavy atom. The number of carbonyl (C=O) groups is 1. The number of carbonyl (C=O) groups excluding carboxylic acids is 1. The number of piperazine rings is 1. The van der Waals surface area contributed by atoms with Crippen LogP contribution >= 0.6 is 0 Å². The van der Waals surface area contributed by atoms with E-state index in [2.05, 4.69) is 21.2 Å². The zero-order valence-electron chi connectivity index (χ0n) is 15.6. The summed E-state index contributed by atoms with van der Waals surface area (Å²) in [5, 5.41) is 2.79. The minimum absolute atomic E-state index is 0.0381. The molecule has 26 heavy (non-hydrogen) atoms. The van der Waals surface area contributed by atoms with Crippen LogP contribution in [-0.2, 0) is 14.6 Å². The summed E-state index contributed by atoms with van der Waals surface area (Å²) >= 11 is 0. The number of nitrogens with one attached hydrogen (secondary N) is 1. The summed E-state index contributed by atoms with van der Waals surface area (Å²) in [6.07, 6.45) is 2.04. The van der Waals surface area contributed by atoms with Gasteiger partial charge in [-0.3, -0.25) is 9.69 Å². The van der Waals surface area contributed by atoms with Crippen LogP contribution in [-0.4, -0.2) is 77.6 Å². The number of benzene rings is 1. The molecule has 1 heterocycles. The first-order valence-electron chi connectivity index (χ1n) is 8.94. The van der Waals surface area contributed by atoms with Gasteiger partial charge in [0.05, 0.1) is 18.6 Å². The van der Waals surface area contributed by atoms with Gasteiger partial charge in [-0.25, -0.2) is 8.42 Å². The molecule has 0 aliphatic carbocycles. The maximum Gasteiger partial charge on any atom is 0.221 e. The van der Waals surface area contributed by atoms with E-state index in [9.17, 15) is 13.2 Å². The van der Waals surface area contributed by atoms with E-state index in [1.807, 2.05) is 18.2 Å². The molecule has 1 saturated heterocycles. The van der Waals surface area contributed by atoms with Crippen LogP contribution in [0.1, 0.15) is 12.8 Å². The Balaban J connectivity index is 1.64. The quantitative estimate of drug-likeness (QED) is 0.634. The van der Waals surface area contributed by atoms with Crippen molar-refractivity contribution in [1.82, 2.24) is 10.2 Å². The zero-order valence-corrected chi connectivity index (χ0v) is 16.4. The van der Waals surface area contributed by atoms with Gasteiger partial charge in [-0.05, 0) is 25.1 Å². The van der Waals surface area contributed by atoms with Crippen LogP contribution in [0.4, 0.5) is 5.69 Å². The highest BCUT2D eigenvalue weighted by atomic mass is 32.2. The van der Waals surface area contributed by atoms with E-state index in [4.69, 9.17) is 4.74 Å². The molecule has 1 aromatic rings. The number of hydrogen-bond donors (Lipinski definition) is 1. The maximum absolute atomic E-state index is 11.6. The van der Waals surface area contributed by atoms with Gasteiger partial charge in [0.1, 0.15) is 15.6 Å². The smallest absolute Gasteiger partial charge is 0.221 e. The second kappa shape index (κ2) is 9.78. The molecule has 7 nitrogen and oxygen atoms in total. The van der Waals surface area contributed by atoms with Crippen molar-refractivity contribution in [3.63, 3.8) is 0 Å².